The maximum Gasteiger partial charge on any atom is 0.226 e. The van der Waals surface area contributed by atoms with Gasteiger partial charge in [0.1, 0.15) is 18.0 Å². The molecule has 1 aromatic rings. The van der Waals surface area contributed by atoms with Gasteiger partial charge in [0.05, 0.1) is 18.3 Å². The van der Waals surface area contributed by atoms with Crippen LogP contribution in [0.25, 0.3) is 0 Å². The molecule has 0 bridgehead atoms. The molecule has 210 valence electrons. The highest BCUT2D eigenvalue weighted by atomic mass is 32.2. The number of fused-ring (bicyclic) bond motifs is 7. The number of aliphatic hydroxyl groups is 1. The standard InChI is InChI=1S/C29H31F4NO4S/c1-25-8-7-19(35)10-20(25)21(32)11-22-26(2)12-16-14-34(18-6-4-5-17(31)9-18)38-29(16,24(37)39-15-30)27(26,3)13-23(36)28(22,25)33/h4-10,16,21-23,36H,11-15H2,1-3H3/t16-,21-,22-,23-,25-,26-,27-,28-,29-/m0/s1. The summed E-state index contributed by atoms with van der Waals surface area (Å²) in [5.41, 5.74) is -7.42. The maximum absolute atomic E-state index is 17.7. The lowest BCUT2D eigenvalue weighted by molar-refractivity contribution is -0.254. The molecule has 1 heterocycles. The number of alkyl halides is 3. The second-order valence-corrected chi connectivity index (χ2v) is 13.2. The van der Waals surface area contributed by atoms with Crippen LogP contribution in [0.15, 0.2) is 48.1 Å². The predicted octanol–water partition coefficient (Wildman–Crippen LogP) is 5.44. The van der Waals surface area contributed by atoms with Gasteiger partial charge in [-0.25, -0.2) is 17.6 Å². The lowest BCUT2D eigenvalue weighted by atomic mass is 9.40. The van der Waals surface area contributed by atoms with Crippen LogP contribution in [-0.2, 0) is 14.4 Å². The van der Waals surface area contributed by atoms with Crippen LogP contribution in [0.5, 0.6) is 0 Å². The molecule has 1 N–H and O–H groups in total. The highest BCUT2D eigenvalue weighted by Gasteiger charge is 2.83. The van der Waals surface area contributed by atoms with E-state index in [-0.39, 0.29) is 31.4 Å². The summed E-state index contributed by atoms with van der Waals surface area (Å²) >= 11 is 0.458. The van der Waals surface area contributed by atoms with Gasteiger partial charge in [-0.1, -0.05) is 37.8 Å². The summed E-state index contributed by atoms with van der Waals surface area (Å²) in [6.07, 6.45) is 0.239. The highest BCUT2D eigenvalue weighted by Crippen LogP contribution is 2.78. The smallest absolute Gasteiger partial charge is 0.226 e. The van der Waals surface area contributed by atoms with Crippen molar-refractivity contribution in [3.05, 3.63) is 53.9 Å². The van der Waals surface area contributed by atoms with E-state index < -0.39 is 74.3 Å². The Kier molecular flexibility index (Phi) is 5.84. The van der Waals surface area contributed by atoms with E-state index in [4.69, 9.17) is 4.84 Å². The number of hydroxylamine groups is 1. The maximum atomic E-state index is 17.7. The minimum Gasteiger partial charge on any atom is -0.390 e. The molecule has 1 aromatic carbocycles. The number of carbonyl (C=O) groups excluding carboxylic acids is 2. The first kappa shape index (κ1) is 27.0. The van der Waals surface area contributed by atoms with Gasteiger partial charge in [0, 0.05) is 22.7 Å². The summed E-state index contributed by atoms with van der Waals surface area (Å²) in [6.45, 7) is 5.26. The molecule has 4 fully saturated rings. The Hall–Kier alpha value is -2.17. The van der Waals surface area contributed by atoms with Crippen molar-refractivity contribution in [1.29, 1.82) is 0 Å². The van der Waals surface area contributed by atoms with Crippen molar-refractivity contribution in [2.24, 2.45) is 28.1 Å². The van der Waals surface area contributed by atoms with E-state index in [9.17, 15) is 23.5 Å². The average Bonchev–Trinajstić information content (AvgIpc) is 3.34. The summed E-state index contributed by atoms with van der Waals surface area (Å²) in [5, 5.41) is 12.5. The van der Waals surface area contributed by atoms with Crippen molar-refractivity contribution in [3.63, 3.8) is 0 Å². The predicted molar refractivity (Wildman–Crippen MR) is 138 cm³/mol. The van der Waals surface area contributed by atoms with Gasteiger partial charge in [-0.2, -0.15) is 0 Å². The first-order valence-corrected chi connectivity index (χ1v) is 14.2. The summed E-state index contributed by atoms with van der Waals surface area (Å²) in [7, 11) is 0. The molecular weight excluding hydrogens is 534 g/mol. The molecule has 39 heavy (non-hydrogen) atoms. The van der Waals surface area contributed by atoms with Gasteiger partial charge in [-0.3, -0.25) is 19.5 Å². The molecule has 6 rings (SSSR count). The van der Waals surface area contributed by atoms with Crippen LogP contribution < -0.4 is 5.06 Å². The number of hydrogen-bond acceptors (Lipinski definition) is 6. The van der Waals surface area contributed by atoms with E-state index in [1.54, 1.807) is 13.0 Å². The zero-order valence-corrected chi connectivity index (χ0v) is 22.7. The number of nitrogens with zero attached hydrogens (tertiary/aromatic N) is 1. The van der Waals surface area contributed by atoms with Crippen LogP contribution in [-0.4, -0.2) is 52.1 Å². The molecule has 0 radical (unpaired) electrons. The fourth-order valence-corrected chi connectivity index (χ4v) is 9.73. The van der Waals surface area contributed by atoms with Gasteiger partial charge in [-0.15, -0.1) is 0 Å². The Labute approximate surface area is 228 Å². The largest absolute Gasteiger partial charge is 0.390 e. The van der Waals surface area contributed by atoms with E-state index in [1.807, 2.05) is 6.92 Å². The Morgan fingerprint density at radius 3 is 2.69 bits per heavy atom. The van der Waals surface area contributed by atoms with Crippen molar-refractivity contribution < 1.29 is 37.1 Å². The summed E-state index contributed by atoms with van der Waals surface area (Å²) in [4.78, 5) is 32.4. The lowest BCUT2D eigenvalue weighted by Crippen LogP contribution is -2.73. The summed E-state index contributed by atoms with van der Waals surface area (Å²) < 4.78 is 61.2. The van der Waals surface area contributed by atoms with E-state index in [1.165, 1.54) is 42.3 Å². The molecule has 3 saturated carbocycles. The van der Waals surface area contributed by atoms with Crippen molar-refractivity contribution >= 4 is 28.3 Å². The van der Waals surface area contributed by atoms with Crippen LogP contribution in [0, 0.1) is 33.9 Å². The summed E-state index contributed by atoms with van der Waals surface area (Å²) in [5.74, 6) is -2.51. The van der Waals surface area contributed by atoms with Gasteiger partial charge < -0.3 is 5.11 Å². The summed E-state index contributed by atoms with van der Waals surface area (Å²) in [6, 6.07) is 4.70. The first-order valence-electron chi connectivity index (χ1n) is 13.2. The molecule has 4 aliphatic carbocycles. The minimum absolute atomic E-state index is 0.0190. The molecule has 0 aromatic heterocycles. The average molecular weight is 566 g/mol. The van der Waals surface area contributed by atoms with Gasteiger partial charge in [0.15, 0.2) is 17.1 Å². The second kappa shape index (κ2) is 8.42. The zero-order valence-electron chi connectivity index (χ0n) is 21.9. The van der Waals surface area contributed by atoms with E-state index in [0.717, 1.165) is 6.08 Å². The monoisotopic (exact) mass is 565 g/mol. The third-order valence-corrected chi connectivity index (χ3v) is 11.6. The van der Waals surface area contributed by atoms with Gasteiger partial charge in [0.25, 0.3) is 0 Å². The number of anilines is 1. The van der Waals surface area contributed by atoms with E-state index in [2.05, 4.69) is 0 Å². The number of aliphatic hydroxyl groups excluding tert-OH is 1. The Bertz CT molecular complexity index is 1320. The Balaban J connectivity index is 1.49. The Morgan fingerprint density at radius 1 is 1.26 bits per heavy atom. The highest BCUT2D eigenvalue weighted by molar-refractivity contribution is 8.13. The van der Waals surface area contributed by atoms with Crippen molar-refractivity contribution in [1.82, 2.24) is 0 Å². The number of ketones is 1. The SMILES string of the molecule is C[C@]12C[C@H](O)[C@@]3(F)[C@@H](C[C@H](F)C4=CC(=O)C=C[C@@]43C)[C@]1(C)C[C@H]1CN(c3cccc(F)c3)O[C@]12C(=O)SCF. The van der Waals surface area contributed by atoms with Crippen molar-refractivity contribution in [2.75, 3.05) is 17.6 Å². The number of hydrogen-bond donors (Lipinski definition) is 1. The van der Waals surface area contributed by atoms with E-state index in [0.29, 0.717) is 17.4 Å². The molecule has 0 unspecified atom stereocenters. The quantitative estimate of drug-likeness (QED) is 0.493. The molecule has 0 spiro atoms. The van der Waals surface area contributed by atoms with Gasteiger partial charge in [0.2, 0.25) is 5.12 Å². The Morgan fingerprint density at radius 2 is 2.00 bits per heavy atom. The molecule has 5 aliphatic rings. The lowest BCUT2D eigenvalue weighted by Gasteiger charge is -2.67. The minimum atomic E-state index is -2.33. The first-order chi connectivity index (χ1) is 18.3. The van der Waals surface area contributed by atoms with Gasteiger partial charge >= 0.3 is 0 Å². The number of halogens is 4. The third-order valence-electron chi connectivity index (χ3n) is 11.0. The number of benzene rings is 1. The van der Waals surface area contributed by atoms with Crippen LogP contribution >= 0.6 is 11.8 Å². The number of carbonyl (C=O) groups is 2. The molecule has 5 nitrogen and oxygen atoms in total. The van der Waals surface area contributed by atoms with Crippen LogP contribution in [0.3, 0.4) is 0 Å². The van der Waals surface area contributed by atoms with Crippen molar-refractivity contribution in [3.8, 4) is 0 Å². The van der Waals surface area contributed by atoms with Crippen LogP contribution in [0.1, 0.15) is 40.0 Å². The van der Waals surface area contributed by atoms with Crippen molar-refractivity contribution in [2.45, 2.75) is 63.6 Å². The number of thioether (sulfide) groups is 1. The third kappa shape index (κ3) is 3.11. The van der Waals surface area contributed by atoms with E-state index >= 15 is 8.78 Å². The number of rotatable bonds is 3. The van der Waals surface area contributed by atoms with Crippen LogP contribution in [0.2, 0.25) is 0 Å². The number of allylic oxidation sites excluding steroid dienone is 4. The molecule has 10 heteroatoms. The zero-order chi connectivity index (χ0) is 28.2. The normalized spacial score (nSPS) is 46.3. The second-order valence-electron chi connectivity index (χ2n) is 12.3. The fraction of sp³-hybridized carbons (Fsp3) is 0.586. The van der Waals surface area contributed by atoms with Crippen LogP contribution in [0.4, 0.5) is 23.2 Å². The molecule has 1 aliphatic heterocycles. The fourth-order valence-electron chi connectivity index (χ4n) is 8.99. The van der Waals surface area contributed by atoms with Gasteiger partial charge in [-0.05, 0) is 67.5 Å². The molecule has 1 saturated heterocycles. The topological polar surface area (TPSA) is 66.8 Å². The molecular formula is C29H31F4NO4S. The molecule has 0 amide bonds. The molecule has 9 atom stereocenters.